The maximum atomic E-state index is 11.4. The molecule has 0 saturated carbocycles. The van der Waals surface area contributed by atoms with Gasteiger partial charge in [-0.2, -0.15) is 0 Å². The molecule has 0 rings (SSSR count). The van der Waals surface area contributed by atoms with Crippen LogP contribution in [0.1, 0.15) is 40.5 Å². The van der Waals surface area contributed by atoms with Crippen molar-refractivity contribution in [2.24, 2.45) is 17.6 Å². The standard InChI is InChI=1S/C12H25NO3/c1-8(2)5-6-16-12(15)11(14)10(13)7-9(3)4/h8-11,14H,5-7,13H2,1-4H3/t10-,11?/m0/s1. The third-order valence-electron chi connectivity index (χ3n) is 2.33. The molecule has 0 heterocycles. The molecular weight excluding hydrogens is 206 g/mol. The molecule has 1 unspecified atom stereocenters. The predicted octanol–water partition coefficient (Wildman–Crippen LogP) is 1.31. The van der Waals surface area contributed by atoms with Crippen LogP contribution >= 0.6 is 0 Å². The first kappa shape index (κ1) is 15.4. The quantitative estimate of drug-likeness (QED) is 0.648. The summed E-state index contributed by atoms with van der Waals surface area (Å²) in [7, 11) is 0. The summed E-state index contributed by atoms with van der Waals surface area (Å²) < 4.78 is 4.95. The summed E-state index contributed by atoms with van der Waals surface area (Å²) in [6.45, 7) is 8.44. The SMILES string of the molecule is CC(C)CCOC(=O)C(O)[C@@H](N)CC(C)C. The first-order valence-electron chi connectivity index (χ1n) is 5.94. The largest absolute Gasteiger partial charge is 0.464 e. The van der Waals surface area contributed by atoms with Gasteiger partial charge in [0.2, 0.25) is 0 Å². The highest BCUT2D eigenvalue weighted by atomic mass is 16.5. The highest BCUT2D eigenvalue weighted by Gasteiger charge is 2.24. The summed E-state index contributed by atoms with van der Waals surface area (Å²) >= 11 is 0. The lowest BCUT2D eigenvalue weighted by Gasteiger charge is -2.19. The lowest BCUT2D eigenvalue weighted by Crippen LogP contribution is -2.42. The molecule has 2 atom stereocenters. The normalized spacial score (nSPS) is 15.2. The Balaban J connectivity index is 3.88. The van der Waals surface area contributed by atoms with Crippen molar-refractivity contribution < 1.29 is 14.6 Å². The number of hydrogen-bond acceptors (Lipinski definition) is 4. The number of aliphatic hydroxyl groups excluding tert-OH is 1. The Morgan fingerprint density at radius 1 is 1.25 bits per heavy atom. The molecule has 16 heavy (non-hydrogen) atoms. The second kappa shape index (κ2) is 7.63. The Morgan fingerprint density at radius 2 is 1.81 bits per heavy atom. The second-order valence-corrected chi connectivity index (χ2v) is 5.09. The second-order valence-electron chi connectivity index (χ2n) is 5.09. The summed E-state index contributed by atoms with van der Waals surface area (Å²) in [6.07, 6.45) is 0.216. The van der Waals surface area contributed by atoms with E-state index in [0.29, 0.717) is 24.9 Å². The molecule has 3 N–H and O–H groups in total. The number of esters is 1. The number of ether oxygens (including phenoxy) is 1. The molecule has 0 aliphatic carbocycles. The van der Waals surface area contributed by atoms with E-state index in [1.54, 1.807) is 0 Å². The van der Waals surface area contributed by atoms with Gasteiger partial charge in [0.05, 0.1) is 6.61 Å². The van der Waals surface area contributed by atoms with Gasteiger partial charge >= 0.3 is 5.97 Å². The van der Waals surface area contributed by atoms with E-state index in [2.05, 4.69) is 13.8 Å². The van der Waals surface area contributed by atoms with Crippen molar-refractivity contribution in [3.63, 3.8) is 0 Å². The summed E-state index contributed by atoms with van der Waals surface area (Å²) in [5.41, 5.74) is 5.70. The van der Waals surface area contributed by atoms with Crippen molar-refractivity contribution in [1.82, 2.24) is 0 Å². The minimum absolute atomic E-state index is 0.349. The predicted molar refractivity (Wildman–Crippen MR) is 63.9 cm³/mol. The van der Waals surface area contributed by atoms with Crippen molar-refractivity contribution in [2.75, 3.05) is 6.61 Å². The van der Waals surface area contributed by atoms with Crippen molar-refractivity contribution >= 4 is 5.97 Å². The Hall–Kier alpha value is -0.610. The van der Waals surface area contributed by atoms with Gasteiger partial charge in [0.1, 0.15) is 0 Å². The number of carbonyl (C=O) groups excluding carboxylic acids is 1. The number of rotatable bonds is 7. The molecule has 0 saturated heterocycles. The average molecular weight is 231 g/mol. The molecule has 0 aliphatic rings. The number of aliphatic hydroxyl groups is 1. The molecule has 0 aromatic carbocycles. The first-order chi connectivity index (χ1) is 7.34. The summed E-state index contributed by atoms with van der Waals surface area (Å²) in [5.74, 6) is 0.233. The highest BCUT2D eigenvalue weighted by Crippen LogP contribution is 2.08. The molecule has 96 valence electrons. The fourth-order valence-electron chi connectivity index (χ4n) is 1.33. The van der Waals surface area contributed by atoms with Crippen LogP contribution in [0.15, 0.2) is 0 Å². The van der Waals surface area contributed by atoms with E-state index in [-0.39, 0.29) is 0 Å². The Labute approximate surface area is 98.2 Å². The van der Waals surface area contributed by atoms with Crippen LogP contribution in [-0.2, 0) is 9.53 Å². The molecule has 0 bridgehead atoms. The topological polar surface area (TPSA) is 72.5 Å². The van der Waals surface area contributed by atoms with Gasteiger partial charge in [0.15, 0.2) is 6.10 Å². The minimum atomic E-state index is -1.20. The Bertz CT molecular complexity index is 204. The summed E-state index contributed by atoms with van der Waals surface area (Å²) in [6, 6.07) is -0.536. The Morgan fingerprint density at radius 3 is 2.25 bits per heavy atom. The third kappa shape index (κ3) is 6.80. The summed E-state index contributed by atoms with van der Waals surface area (Å²) in [4.78, 5) is 11.4. The van der Waals surface area contributed by atoms with Gasteiger partial charge in [0.25, 0.3) is 0 Å². The van der Waals surface area contributed by atoms with Crippen LogP contribution in [0.3, 0.4) is 0 Å². The van der Waals surface area contributed by atoms with Crippen LogP contribution in [0.25, 0.3) is 0 Å². The van der Waals surface area contributed by atoms with Crippen LogP contribution in [-0.4, -0.2) is 29.8 Å². The fourth-order valence-corrected chi connectivity index (χ4v) is 1.33. The van der Waals surface area contributed by atoms with Crippen molar-refractivity contribution in [2.45, 2.75) is 52.7 Å². The Kier molecular flexibility index (Phi) is 7.34. The maximum absolute atomic E-state index is 11.4. The molecule has 0 aliphatic heterocycles. The molecule has 0 radical (unpaired) electrons. The lowest BCUT2D eigenvalue weighted by atomic mass is 10.0. The van der Waals surface area contributed by atoms with Crippen LogP contribution in [0.4, 0.5) is 0 Å². The van der Waals surface area contributed by atoms with E-state index < -0.39 is 18.1 Å². The number of carbonyl (C=O) groups is 1. The van der Waals surface area contributed by atoms with Crippen molar-refractivity contribution in [3.8, 4) is 0 Å². The zero-order valence-electron chi connectivity index (χ0n) is 10.8. The van der Waals surface area contributed by atoms with Gasteiger partial charge in [-0.3, -0.25) is 0 Å². The fraction of sp³-hybridized carbons (Fsp3) is 0.917. The number of hydrogen-bond donors (Lipinski definition) is 2. The first-order valence-corrected chi connectivity index (χ1v) is 5.94. The van der Waals surface area contributed by atoms with Crippen LogP contribution in [0, 0.1) is 11.8 Å². The van der Waals surface area contributed by atoms with Crippen molar-refractivity contribution in [3.05, 3.63) is 0 Å². The molecule has 0 spiro atoms. The zero-order valence-corrected chi connectivity index (χ0v) is 10.8. The van der Waals surface area contributed by atoms with Gasteiger partial charge < -0.3 is 15.6 Å². The highest BCUT2D eigenvalue weighted by molar-refractivity contribution is 5.75. The smallest absolute Gasteiger partial charge is 0.336 e. The monoisotopic (exact) mass is 231 g/mol. The van der Waals surface area contributed by atoms with E-state index in [0.717, 1.165) is 6.42 Å². The third-order valence-corrected chi connectivity index (χ3v) is 2.33. The molecule has 0 aromatic rings. The maximum Gasteiger partial charge on any atom is 0.336 e. The minimum Gasteiger partial charge on any atom is -0.464 e. The van der Waals surface area contributed by atoms with Gasteiger partial charge in [-0.25, -0.2) is 4.79 Å². The molecule has 0 aromatic heterocycles. The molecule has 4 nitrogen and oxygen atoms in total. The van der Waals surface area contributed by atoms with E-state index in [4.69, 9.17) is 10.5 Å². The van der Waals surface area contributed by atoms with E-state index in [1.165, 1.54) is 0 Å². The van der Waals surface area contributed by atoms with E-state index in [9.17, 15) is 9.90 Å². The molecule has 4 heteroatoms. The lowest BCUT2D eigenvalue weighted by molar-refractivity contribution is -0.155. The van der Waals surface area contributed by atoms with E-state index in [1.807, 2.05) is 13.8 Å². The molecule has 0 fully saturated rings. The molecular formula is C12H25NO3. The zero-order chi connectivity index (χ0) is 12.7. The van der Waals surface area contributed by atoms with Gasteiger partial charge in [-0.05, 0) is 24.7 Å². The van der Waals surface area contributed by atoms with Crippen LogP contribution in [0.2, 0.25) is 0 Å². The van der Waals surface area contributed by atoms with Gasteiger partial charge in [-0.1, -0.05) is 27.7 Å². The molecule has 0 amide bonds. The summed E-state index contributed by atoms with van der Waals surface area (Å²) in [5, 5.41) is 9.60. The van der Waals surface area contributed by atoms with Gasteiger partial charge in [-0.15, -0.1) is 0 Å². The van der Waals surface area contributed by atoms with E-state index >= 15 is 0 Å². The van der Waals surface area contributed by atoms with Crippen molar-refractivity contribution in [1.29, 1.82) is 0 Å². The van der Waals surface area contributed by atoms with Crippen LogP contribution in [0.5, 0.6) is 0 Å². The average Bonchev–Trinajstić information content (AvgIpc) is 2.14. The van der Waals surface area contributed by atoms with Gasteiger partial charge in [0, 0.05) is 6.04 Å². The number of nitrogens with two attached hydrogens (primary N) is 1. The van der Waals surface area contributed by atoms with Crippen LogP contribution < -0.4 is 5.73 Å².